The molecule has 1 atom stereocenters. The van der Waals surface area contributed by atoms with Gasteiger partial charge in [-0.25, -0.2) is 4.79 Å². The number of hydrogen-bond acceptors (Lipinski definition) is 3. The van der Waals surface area contributed by atoms with Gasteiger partial charge in [0.05, 0.1) is 0 Å². The molecule has 2 aromatic rings. The minimum absolute atomic E-state index is 0.289. The summed E-state index contributed by atoms with van der Waals surface area (Å²) in [7, 11) is 0. The smallest absolute Gasteiger partial charge is 0.325 e. The molecular weight excluding hydrogens is 366 g/mol. The first-order chi connectivity index (χ1) is 13.9. The van der Waals surface area contributed by atoms with Crippen LogP contribution in [0.5, 0.6) is 0 Å². The Morgan fingerprint density at radius 2 is 1.66 bits per heavy atom. The van der Waals surface area contributed by atoms with Crippen LogP contribution in [0, 0.1) is 0 Å². The minimum atomic E-state index is -1.16. The van der Waals surface area contributed by atoms with Crippen LogP contribution < -0.4 is 10.6 Å². The minimum Gasteiger partial charge on any atom is -0.354 e. The largest absolute Gasteiger partial charge is 0.354 e. The van der Waals surface area contributed by atoms with Crippen molar-refractivity contribution in [2.45, 2.75) is 38.6 Å². The van der Waals surface area contributed by atoms with Crippen molar-refractivity contribution in [2.24, 2.45) is 0 Å². The van der Waals surface area contributed by atoms with E-state index >= 15 is 0 Å². The van der Waals surface area contributed by atoms with Gasteiger partial charge in [0, 0.05) is 6.54 Å². The van der Waals surface area contributed by atoms with E-state index in [1.165, 1.54) is 5.56 Å². The number of rotatable bonds is 8. The van der Waals surface area contributed by atoms with Crippen LogP contribution in [0.25, 0.3) is 0 Å². The van der Waals surface area contributed by atoms with Gasteiger partial charge in [-0.1, -0.05) is 67.9 Å². The molecule has 1 saturated heterocycles. The number of benzene rings is 2. The zero-order valence-corrected chi connectivity index (χ0v) is 16.9. The molecule has 1 aliphatic rings. The Balaban J connectivity index is 1.59. The molecular formula is C23H27N3O3. The lowest BCUT2D eigenvalue weighted by Crippen LogP contribution is -2.43. The lowest BCUT2D eigenvalue weighted by Gasteiger charge is -2.22. The number of carbonyl (C=O) groups is 3. The van der Waals surface area contributed by atoms with Gasteiger partial charge in [-0.3, -0.25) is 14.5 Å². The first-order valence-electron chi connectivity index (χ1n) is 9.98. The molecule has 2 N–H and O–H groups in total. The average Bonchev–Trinajstić information content (AvgIpc) is 2.93. The van der Waals surface area contributed by atoms with Gasteiger partial charge in [-0.15, -0.1) is 0 Å². The second-order valence-electron chi connectivity index (χ2n) is 7.48. The maximum atomic E-state index is 12.9. The van der Waals surface area contributed by atoms with Crippen molar-refractivity contribution in [2.75, 3.05) is 13.1 Å². The molecule has 3 rings (SSSR count). The van der Waals surface area contributed by atoms with Gasteiger partial charge < -0.3 is 10.6 Å². The van der Waals surface area contributed by atoms with Crippen LogP contribution in [0.3, 0.4) is 0 Å². The molecule has 1 heterocycles. The second kappa shape index (κ2) is 8.90. The van der Waals surface area contributed by atoms with E-state index in [-0.39, 0.29) is 12.5 Å². The van der Waals surface area contributed by atoms with Crippen LogP contribution in [0.15, 0.2) is 54.6 Å². The fourth-order valence-corrected chi connectivity index (χ4v) is 3.52. The molecule has 29 heavy (non-hydrogen) atoms. The summed E-state index contributed by atoms with van der Waals surface area (Å²) in [6, 6.07) is 16.9. The van der Waals surface area contributed by atoms with Crippen LogP contribution in [0.4, 0.5) is 4.79 Å². The summed E-state index contributed by atoms with van der Waals surface area (Å²) in [6.45, 7) is 3.94. The topological polar surface area (TPSA) is 78.5 Å². The number of imide groups is 1. The first-order valence-corrected chi connectivity index (χ1v) is 9.98. The molecule has 6 nitrogen and oxygen atoms in total. The van der Waals surface area contributed by atoms with Crippen LogP contribution in [-0.2, 0) is 28.0 Å². The summed E-state index contributed by atoms with van der Waals surface area (Å²) in [5.74, 6) is -0.768. The van der Waals surface area contributed by atoms with Gasteiger partial charge in [0.2, 0.25) is 5.91 Å². The number of nitrogens with one attached hydrogen (secondary N) is 2. The normalized spacial score (nSPS) is 18.6. The monoisotopic (exact) mass is 393 g/mol. The van der Waals surface area contributed by atoms with Gasteiger partial charge in [0.1, 0.15) is 12.1 Å². The highest BCUT2D eigenvalue weighted by Crippen LogP contribution is 2.29. The van der Waals surface area contributed by atoms with E-state index < -0.39 is 17.5 Å². The fraction of sp³-hybridized carbons (Fsp3) is 0.348. The number of nitrogens with zero attached hydrogens (tertiary/aromatic N) is 1. The number of carbonyl (C=O) groups excluding carboxylic acids is 3. The lowest BCUT2D eigenvalue weighted by molar-refractivity contribution is -0.134. The summed E-state index contributed by atoms with van der Waals surface area (Å²) in [5.41, 5.74) is 1.85. The Hall–Kier alpha value is -3.15. The van der Waals surface area contributed by atoms with Crippen LogP contribution in [0.1, 0.15) is 37.0 Å². The zero-order chi connectivity index (χ0) is 20.9. The van der Waals surface area contributed by atoms with Crippen LogP contribution in [-0.4, -0.2) is 35.8 Å². The molecule has 6 heteroatoms. The van der Waals surface area contributed by atoms with Crippen LogP contribution in [0.2, 0.25) is 0 Å². The Morgan fingerprint density at radius 3 is 2.31 bits per heavy atom. The van der Waals surface area contributed by atoms with Gasteiger partial charge in [0.25, 0.3) is 5.91 Å². The summed E-state index contributed by atoms with van der Waals surface area (Å²) < 4.78 is 0. The lowest BCUT2D eigenvalue weighted by atomic mass is 9.91. The summed E-state index contributed by atoms with van der Waals surface area (Å²) in [5, 5.41) is 5.52. The molecule has 0 aliphatic carbocycles. The molecule has 2 aromatic carbocycles. The predicted octanol–water partition coefficient (Wildman–Crippen LogP) is 2.77. The van der Waals surface area contributed by atoms with E-state index in [1.807, 2.05) is 54.6 Å². The Labute approximate surface area is 171 Å². The molecule has 4 amide bonds. The van der Waals surface area contributed by atoms with E-state index in [1.54, 1.807) is 6.92 Å². The Morgan fingerprint density at radius 1 is 1.00 bits per heavy atom. The van der Waals surface area contributed by atoms with Crippen molar-refractivity contribution in [1.82, 2.24) is 15.5 Å². The molecule has 0 bridgehead atoms. The van der Waals surface area contributed by atoms with E-state index in [2.05, 4.69) is 17.6 Å². The highest BCUT2D eigenvalue weighted by molar-refractivity contribution is 6.09. The van der Waals surface area contributed by atoms with Gasteiger partial charge >= 0.3 is 6.03 Å². The number of aryl methyl sites for hydroxylation is 1. The summed E-state index contributed by atoms with van der Waals surface area (Å²) in [6.07, 6.45) is 2.70. The van der Waals surface area contributed by atoms with Crippen molar-refractivity contribution >= 4 is 17.8 Å². The van der Waals surface area contributed by atoms with Crippen molar-refractivity contribution in [1.29, 1.82) is 0 Å². The molecule has 0 radical (unpaired) electrons. The molecule has 0 spiro atoms. The van der Waals surface area contributed by atoms with Crippen molar-refractivity contribution < 1.29 is 14.4 Å². The summed E-state index contributed by atoms with van der Waals surface area (Å²) >= 11 is 0. The van der Waals surface area contributed by atoms with E-state index in [9.17, 15) is 14.4 Å². The van der Waals surface area contributed by atoms with Crippen molar-refractivity contribution in [3.8, 4) is 0 Å². The van der Waals surface area contributed by atoms with Gasteiger partial charge in [-0.2, -0.15) is 0 Å². The highest BCUT2D eigenvalue weighted by atomic mass is 16.2. The maximum absolute atomic E-state index is 12.9. The Kier molecular flexibility index (Phi) is 6.32. The number of urea groups is 1. The van der Waals surface area contributed by atoms with E-state index in [4.69, 9.17) is 0 Å². The van der Waals surface area contributed by atoms with Gasteiger partial charge in [-0.05, 0) is 36.5 Å². The number of amides is 4. The van der Waals surface area contributed by atoms with Crippen LogP contribution >= 0.6 is 0 Å². The average molecular weight is 393 g/mol. The SMILES string of the molecule is CCCc1ccc([C@@]2(C)NC(=O)N(CC(=O)NCCc3ccccc3)C2=O)cc1. The zero-order valence-electron chi connectivity index (χ0n) is 16.9. The molecule has 1 fully saturated rings. The van der Waals surface area contributed by atoms with Crippen molar-refractivity contribution in [3.05, 3.63) is 71.3 Å². The quantitative estimate of drug-likeness (QED) is 0.677. The summed E-state index contributed by atoms with van der Waals surface area (Å²) in [4.78, 5) is 38.6. The number of hydrogen-bond donors (Lipinski definition) is 2. The van der Waals surface area contributed by atoms with Crippen molar-refractivity contribution in [3.63, 3.8) is 0 Å². The van der Waals surface area contributed by atoms with E-state index in [0.717, 1.165) is 23.3 Å². The Bertz CT molecular complexity index is 880. The highest BCUT2D eigenvalue weighted by Gasteiger charge is 2.49. The predicted molar refractivity (Wildman–Crippen MR) is 111 cm³/mol. The van der Waals surface area contributed by atoms with Gasteiger partial charge in [0.15, 0.2) is 0 Å². The standard InChI is InChI=1S/C23H27N3O3/c1-3-7-17-10-12-19(13-11-17)23(2)21(28)26(22(29)25-23)16-20(27)24-15-14-18-8-5-4-6-9-18/h4-6,8-13H,3,7,14-16H2,1-2H3,(H,24,27)(H,25,29)/t23-/m1/s1. The second-order valence-corrected chi connectivity index (χ2v) is 7.48. The molecule has 0 unspecified atom stereocenters. The fourth-order valence-electron chi connectivity index (χ4n) is 3.52. The molecule has 152 valence electrons. The third kappa shape index (κ3) is 4.65. The molecule has 1 aliphatic heterocycles. The first kappa shape index (κ1) is 20.6. The maximum Gasteiger partial charge on any atom is 0.325 e. The molecule has 0 aromatic heterocycles. The van der Waals surface area contributed by atoms with E-state index in [0.29, 0.717) is 18.5 Å². The molecule has 0 saturated carbocycles. The third-order valence-electron chi connectivity index (χ3n) is 5.23. The third-order valence-corrected chi connectivity index (χ3v) is 5.23.